The van der Waals surface area contributed by atoms with Crippen LogP contribution in [-0.4, -0.2) is 56.3 Å². The van der Waals surface area contributed by atoms with Gasteiger partial charge in [0.05, 0.1) is 29.8 Å². The standard InChI is InChI=1S/C29H32FN5O4S/c1-19-18-39-16-15-35(19)26-17-25(29(13-14-29)40(37,38)24-11-7-21(30)8-12-24)33-27(34-26)20-5-9-23(10-6-20)32-28(36)31-22-3-2-4-22/h5-12,17,19,22H,2-4,13-16,18H2,1H3,(H2,31,32,36)/t19-/m0/s1. The lowest BCUT2D eigenvalue weighted by atomic mass is 9.93. The van der Waals surface area contributed by atoms with Crippen LogP contribution in [0.4, 0.5) is 20.7 Å². The van der Waals surface area contributed by atoms with Gasteiger partial charge in [0.25, 0.3) is 0 Å². The van der Waals surface area contributed by atoms with Crippen molar-refractivity contribution in [3.8, 4) is 11.4 Å². The number of aromatic nitrogens is 2. The number of ether oxygens (including phenoxy) is 1. The minimum Gasteiger partial charge on any atom is -0.377 e. The molecule has 11 heteroatoms. The lowest BCUT2D eigenvalue weighted by molar-refractivity contribution is 0.0985. The second-order valence-corrected chi connectivity index (χ2v) is 13.1. The summed E-state index contributed by atoms with van der Waals surface area (Å²) < 4.78 is 45.6. The van der Waals surface area contributed by atoms with Gasteiger partial charge >= 0.3 is 6.03 Å². The van der Waals surface area contributed by atoms with E-state index in [4.69, 9.17) is 14.7 Å². The molecule has 1 saturated heterocycles. The summed E-state index contributed by atoms with van der Waals surface area (Å²) in [5, 5.41) is 5.81. The van der Waals surface area contributed by atoms with Gasteiger partial charge in [-0.3, -0.25) is 0 Å². The van der Waals surface area contributed by atoms with E-state index in [0.717, 1.165) is 31.4 Å². The number of sulfone groups is 1. The second kappa shape index (κ2) is 10.4. The predicted molar refractivity (Wildman–Crippen MR) is 149 cm³/mol. The van der Waals surface area contributed by atoms with E-state index < -0.39 is 20.4 Å². The Morgan fingerprint density at radius 2 is 1.80 bits per heavy atom. The van der Waals surface area contributed by atoms with Gasteiger partial charge in [-0.05, 0) is 87.6 Å². The Balaban J connectivity index is 1.35. The molecule has 3 fully saturated rings. The first-order valence-electron chi connectivity index (χ1n) is 13.7. The van der Waals surface area contributed by atoms with Crippen LogP contribution in [0.1, 0.15) is 44.7 Å². The van der Waals surface area contributed by atoms with Crippen molar-refractivity contribution in [1.82, 2.24) is 15.3 Å². The third-order valence-electron chi connectivity index (χ3n) is 8.03. The highest BCUT2D eigenvalue weighted by Gasteiger charge is 2.58. The molecule has 0 unspecified atom stereocenters. The van der Waals surface area contributed by atoms with Crippen molar-refractivity contribution in [1.29, 1.82) is 0 Å². The molecule has 2 aromatic carbocycles. The molecule has 0 radical (unpaired) electrons. The summed E-state index contributed by atoms with van der Waals surface area (Å²) in [6.07, 6.45) is 3.97. The first-order chi connectivity index (χ1) is 19.2. The molecule has 1 aliphatic heterocycles. The Morgan fingerprint density at radius 3 is 2.42 bits per heavy atom. The van der Waals surface area contributed by atoms with E-state index in [1.165, 1.54) is 12.1 Å². The summed E-state index contributed by atoms with van der Waals surface area (Å²) >= 11 is 0. The molecular formula is C29H32FN5O4S. The fourth-order valence-corrected chi connectivity index (χ4v) is 7.20. The molecule has 1 atom stereocenters. The molecule has 1 aromatic heterocycles. The number of halogens is 1. The van der Waals surface area contributed by atoms with Gasteiger partial charge in [0.2, 0.25) is 0 Å². The Morgan fingerprint density at radius 1 is 1.07 bits per heavy atom. The van der Waals surface area contributed by atoms with Gasteiger partial charge in [-0.15, -0.1) is 0 Å². The van der Waals surface area contributed by atoms with Gasteiger partial charge in [-0.2, -0.15) is 0 Å². The lowest BCUT2D eigenvalue weighted by Crippen LogP contribution is -2.44. The molecule has 6 rings (SSSR count). The van der Waals surface area contributed by atoms with Crippen LogP contribution in [0, 0.1) is 5.82 Å². The molecule has 2 amide bonds. The van der Waals surface area contributed by atoms with Gasteiger partial charge in [0, 0.05) is 29.9 Å². The molecule has 40 heavy (non-hydrogen) atoms. The zero-order chi connectivity index (χ0) is 27.9. The quantitative estimate of drug-likeness (QED) is 0.401. The molecule has 210 valence electrons. The second-order valence-electron chi connectivity index (χ2n) is 10.8. The summed E-state index contributed by atoms with van der Waals surface area (Å²) in [6, 6.07) is 14.0. The Kier molecular flexibility index (Phi) is 6.95. The number of nitrogens with one attached hydrogen (secondary N) is 2. The molecule has 2 aliphatic carbocycles. The Bertz CT molecular complexity index is 1510. The largest absolute Gasteiger partial charge is 0.377 e. The third kappa shape index (κ3) is 5.03. The number of hydrogen-bond donors (Lipinski definition) is 2. The van der Waals surface area contributed by atoms with E-state index in [0.29, 0.717) is 61.2 Å². The monoisotopic (exact) mass is 565 g/mol. The third-order valence-corrected chi connectivity index (χ3v) is 10.6. The lowest BCUT2D eigenvalue weighted by Gasteiger charge is -2.34. The molecule has 3 aliphatic rings. The number of morpholine rings is 1. The van der Waals surface area contributed by atoms with Crippen LogP contribution in [0.3, 0.4) is 0 Å². The van der Waals surface area contributed by atoms with Crippen LogP contribution in [-0.2, 0) is 19.3 Å². The van der Waals surface area contributed by atoms with Crippen LogP contribution < -0.4 is 15.5 Å². The zero-order valence-electron chi connectivity index (χ0n) is 22.3. The number of amides is 2. The van der Waals surface area contributed by atoms with E-state index in [1.807, 2.05) is 19.1 Å². The molecule has 2 N–H and O–H groups in total. The minimum absolute atomic E-state index is 0.0500. The van der Waals surface area contributed by atoms with Gasteiger partial charge in [-0.1, -0.05) is 0 Å². The first kappa shape index (κ1) is 26.6. The fourth-order valence-electron chi connectivity index (χ4n) is 5.23. The molecule has 3 aromatic rings. The van der Waals surface area contributed by atoms with Gasteiger partial charge in [0.1, 0.15) is 16.4 Å². The van der Waals surface area contributed by atoms with Crippen LogP contribution >= 0.6 is 0 Å². The summed E-state index contributed by atoms with van der Waals surface area (Å²) in [7, 11) is -3.84. The Hall–Kier alpha value is -3.57. The maximum atomic E-state index is 13.8. The number of benzene rings is 2. The fraction of sp³-hybridized carbons (Fsp3) is 0.414. The van der Waals surface area contributed by atoms with E-state index in [1.54, 1.807) is 18.2 Å². The van der Waals surface area contributed by atoms with Gasteiger partial charge < -0.3 is 20.3 Å². The number of urea groups is 1. The highest BCUT2D eigenvalue weighted by Crippen LogP contribution is 2.55. The molecule has 2 saturated carbocycles. The van der Waals surface area contributed by atoms with Gasteiger partial charge in [-0.25, -0.2) is 27.6 Å². The van der Waals surface area contributed by atoms with Crippen LogP contribution in [0.15, 0.2) is 59.5 Å². The highest BCUT2D eigenvalue weighted by molar-refractivity contribution is 7.92. The van der Waals surface area contributed by atoms with Crippen LogP contribution in [0.5, 0.6) is 0 Å². The van der Waals surface area contributed by atoms with Crippen LogP contribution in [0.2, 0.25) is 0 Å². The average molecular weight is 566 g/mol. The maximum Gasteiger partial charge on any atom is 0.319 e. The normalized spacial score (nSPS) is 20.4. The van der Waals surface area contributed by atoms with Crippen molar-refractivity contribution < 1.29 is 22.3 Å². The van der Waals surface area contributed by atoms with Crippen molar-refractivity contribution in [2.24, 2.45) is 0 Å². The van der Waals surface area contributed by atoms with Crippen molar-refractivity contribution in [3.05, 3.63) is 66.1 Å². The molecule has 9 nitrogen and oxygen atoms in total. The zero-order valence-corrected chi connectivity index (χ0v) is 23.1. The summed E-state index contributed by atoms with van der Waals surface area (Å²) in [4.78, 5) is 24.1. The highest BCUT2D eigenvalue weighted by atomic mass is 32.2. The number of anilines is 2. The van der Waals surface area contributed by atoms with Crippen molar-refractivity contribution in [3.63, 3.8) is 0 Å². The number of carbonyl (C=O) groups is 1. The number of hydrogen-bond acceptors (Lipinski definition) is 7. The Labute approximate surface area is 233 Å². The minimum atomic E-state index is -3.84. The first-order valence-corrected chi connectivity index (χ1v) is 15.2. The molecule has 0 spiro atoms. The van der Waals surface area contributed by atoms with Crippen molar-refractivity contribution in [2.75, 3.05) is 30.0 Å². The summed E-state index contributed by atoms with van der Waals surface area (Å²) in [5.74, 6) is 0.547. The van der Waals surface area contributed by atoms with Crippen molar-refractivity contribution >= 4 is 27.4 Å². The predicted octanol–water partition coefficient (Wildman–Crippen LogP) is 4.64. The number of nitrogens with zero attached hydrogens (tertiary/aromatic N) is 3. The average Bonchev–Trinajstić information content (AvgIpc) is 3.75. The van der Waals surface area contributed by atoms with E-state index in [-0.39, 0.29) is 23.0 Å². The van der Waals surface area contributed by atoms with E-state index >= 15 is 0 Å². The van der Waals surface area contributed by atoms with Gasteiger partial charge in [0.15, 0.2) is 15.7 Å². The number of carbonyl (C=O) groups excluding carboxylic acids is 1. The molecular weight excluding hydrogens is 533 g/mol. The smallest absolute Gasteiger partial charge is 0.319 e. The van der Waals surface area contributed by atoms with E-state index in [9.17, 15) is 17.6 Å². The topological polar surface area (TPSA) is 114 Å². The molecule has 2 heterocycles. The maximum absolute atomic E-state index is 13.8. The number of rotatable bonds is 7. The van der Waals surface area contributed by atoms with Crippen molar-refractivity contribution in [2.45, 2.75) is 60.8 Å². The summed E-state index contributed by atoms with van der Waals surface area (Å²) in [6.45, 7) is 3.74. The van der Waals surface area contributed by atoms with Crippen LogP contribution in [0.25, 0.3) is 11.4 Å². The SMILES string of the molecule is C[C@H]1COCCN1c1cc(C2(S(=O)(=O)c3ccc(F)cc3)CC2)nc(-c2ccc(NC(=O)NC3CCC3)cc2)n1. The van der Waals surface area contributed by atoms with E-state index in [2.05, 4.69) is 15.5 Å². The summed E-state index contributed by atoms with van der Waals surface area (Å²) in [5.41, 5.74) is 1.76. The molecule has 0 bridgehead atoms.